The first-order chi connectivity index (χ1) is 18.4. The minimum Gasteiger partial charge on any atom is -0.349 e. The maximum absolute atomic E-state index is 13.0. The molecule has 196 valence electrons. The van der Waals surface area contributed by atoms with E-state index in [2.05, 4.69) is 19.4 Å². The SMILES string of the molecule is O=C(CCc1ccccc1)NC1=CC=CI=C1Nc1ccc2c(c1)C(NS(=O)(=O)c1ccc(Cl)cc1)CC2. The molecule has 0 saturated carbocycles. The molecule has 38 heavy (non-hydrogen) atoms. The van der Waals surface area contributed by atoms with Crippen molar-refractivity contribution in [2.75, 3.05) is 5.32 Å². The molecule has 1 aliphatic heterocycles. The minimum absolute atomic E-state index is 0.0238. The van der Waals surface area contributed by atoms with E-state index in [4.69, 9.17) is 11.6 Å². The van der Waals surface area contributed by atoms with Crippen LogP contribution in [0.25, 0.3) is 0 Å². The Morgan fingerprint density at radius 3 is 2.61 bits per heavy atom. The summed E-state index contributed by atoms with van der Waals surface area (Å²) in [4.78, 5) is 12.9. The first-order valence-corrected chi connectivity index (χ1v) is 16.4. The molecule has 0 aromatic heterocycles. The second kappa shape index (κ2) is 11.9. The maximum atomic E-state index is 13.0. The Balaban J connectivity index is 1.26. The van der Waals surface area contributed by atoms with E-state index in [1.54, 1.807) is 12.1 Å². The lowest BCUT2D eigenvalue weighted by molar-refractivity contribution is -0.120. The molecule has 0 radical (unpaired) electrons. The summed E-state index contributed by atoms with van der Waals surface area (Å²) >= 11 is 5.46. The van der Waals surface area contributed by atoms with Crippen molar-refractivity contribution in [3.63, 3.8) is 0 Å². The zero-order valence-corrected chi connectivity index (χ0v) is 24.2. The molecule has 0 spiro atoms. The number of aryl methyl sites for hydroxylation is 2. The molecule has 6 nitrogen and oxygen atoms in total. The summed E-state index contributed by atoms with van der Waals surface area (Å²) in [5.74, 6) is -0.0238. The summed E-state index contributed by atoms with van der Waals surface area (Å²) < 4.78 is 31.9. The van der Waals surface area contributed by atoms with Crippen LogP contribution in [0.3, 0.4) is 0 Å². The van der Waals surface area contributed by atoms with Crippen molar-refractivity contribution in [3.05, 3.63) is 116 Å². The van der Waals surface area contributed by atoms with Gasteiger partial charge in [0.15, 0.2) is 0 Å². The van der Waals surface area contributed by atoms with Gasteiger partial charge < -0.3 is 10.6 Å². The number of halogens is 2. The van der Waals surface area contributed by atoms with Gasteiger partial charge in [0.1, 0.15) is 0 Å². The standard InChI is InChI=1S/C29H27ClIN3O3S/c30-22-11-14-24(15-12-22)38(36,37)34-26-16-10-21-9-13-23(19-25(21)26)32-29-27(7-4-18-31-29)33-28(35)17-8-20-5-2-1-3-6-20/h1-7,9,11-15,18-19,26,32,34H,8,10,16-17H2,(H,33,35). The number of anilines is 1. The summed E-state index contributed by atoms with van der Waals surface area (Å²) in [6, 6.07) is 21.9. The zero-order chi connectivity index (χ0) is 26.5. The van der Waals surface area contributed by atoms with Gasteiger partial charge in [0.05, 0.1) is 14.2 Å². The third kappa shape index (κ3) is 6.61. The van der Waals surface area contributed by atoms with Crippen LogP contribution in [-0.2, 0) is 27.7 Å². The van der Waals surface area contributed by atoms with Crippen LogP contribution in [0.5, 0.6) is 0 Å². The topological polar surface area (TPSA) is 87.3 Å². The second-order valence-electron chi connectivity index (χ2n) is 9.06. The number of rotatable bonds is 9. The summed E-state index contributed by atoms with van der Waals surface area (Å²) in [7, 11) is -3.69. The number of hydrogen-bond acceptors (Lipinski definition) is 4. The van der Waals surface area contributed by atoms with Gasteiger partial charge in [-0.15, -0.1) is 0 Å². The number of carbonyl (C=O) groups is 1. The molecule has 0 bridgehead atoms. The fraction of sp³-hybridized carbons (Fsp3) is 0.172. The number of sulfonamides is 1. The third-order valence-corrected chi connectivity index (χ3v) is 10.4. The molecule has 3 aromatic carbocycles. The molecule has 1 amide bonds. The van der Waals surface area contributed by atoms with Gasteiger partial charge >= 0.3 is 0 Å². The van der Waals surface area contributed by atoms with Crippen molar-refractivity contribution in [2.24, 2.45) is 0 Å². The summed E-state index contributed by atoms with van der Waals surface area (Å²) in [5, 5.41) is 7.06. The van der Waals surface area contributed by atoms with E-state index >= 15 is 0 Å². The van der Waals surface area contributed by atoms with Gasteiger partial charge in [-0.1, -0.05) is 74.8 Å². The Morgan fingerprint density at radius 2 is 1.82 bits per heavy atom. The van der Waals surface area contributed by atoms with Crippen molar-refractivity contribution in [2.45, 2.75) is 36.6 Å². The highest BCUT2D eigenvalue weighted by molar-refractivity contribution is 14.2. The normalized spacial score (nSPS) is 16.6. The lowest BCUT2D eigenvalue weighted by Gasteiger charge is -2.19. The molecule has 0 saturated heterocycles. The number of hydrogen-bond donors (Lipinski definition) is 3. The predicted molar refractivity (Wildman–Crippen MR) is 162 cm³/mol. The molecule has 3 aromatic rings. The van der Waals surface area contributed by atoms with Crippen molar-refractivity contribution in [1.82, 2.24) is 10.0 Å². The fourth-order valence-corrected chi connectivity index (χ4v) is 7.74. The van der Waals surface area contributed by atoms with Crippen LogP contribution in [-0.4, -0.2) is 18.0 Å². The van der Waals surface area contributed by atoms with Gasteiger partial charge in [0.2, 0.25) is 15.9 Å². The van der Waals surface area contributed by atoms with Gasteiger partial charge in [-0.05, 0) is 82.5 Å². The molecule has 2 aliphatic rings. The van der Waals surface area contributed by atoms with Gasteiger partial charge in [-0.25, -0.2) is 13.1 Å². The van der Waals surface area contributed by atoms with E-state index in [9.17, 15) is 13.2 Å². The first kappa shape index (κ1) is 26.8. The molecule has 5 rings (SSSR count). The molecule has 1 atom stereocenters. The smallest absolute Gasteiger partial charge is 0.241 e. The van der Waals surface area contributed by atoms with E-state index in [1.807, 2.05) is 60.7 Å². The summed E-state index contributed by atoms with van der Waals surface area (Å²) in [6.45, 7) is 0. The average Bonchev–Trinajstić information content (AvgIpc) is 3.30. The molecule has 1 heterocycles. The number of allylic oxidation sites excluding steroid dienone is 2. The van der Waals surface area contributed by atoms with Crippen molar-refractivity contribution < 1.29 is 13.2 Å². The van der Waals surface area contributed by atoms with E-state index < -0.39 is 30.8 Å². The first-order valence-electron chi connectivity index (χ1n) is 12.3. The summed E-state index contributed by atoms with van der Waals surface area (Å²) in [5.41, 5.74) is 4.90. The number of fused-ring (bicyclic) bond motifs is 1. The average molecular weight is 660 g/mol. The lowest BCUT2D eigenvalue weighted by atomic mass is 10.1. The molecule has 3 N–H and O–H groups in total. The Hall–Kier alpha value is -2.79. The quantitative estimate of drug-likeness (QED) is 0.247. The van der Waals surface area contributed by atoms with E-state index in [0.29, 0.717) is 24.3 Å². The molecule has 1 aliphatic carbocycles. The van der Waals surface area contributed by atoms with Crippen LogP contribution in [0.15, 0.2) is 99.6 Å². The molecular weight excluding hydrogens is 633 g/mol. The van der Waals surface area contributed by atoms with Gasteiger partial charge in [0, 0.05) is 23.2 Å². The Labute approximate surface area is 238 Å². The van der Waals surface area contributed by atoms with E-state index in [0.717, 1.165) is 38.1 Å². The Kier molecular flexibility index (Phi) is 8.42. The highest BCUT2D eigenvalue weighted by atomic mass is 127. The van der Waals surface area contributed by atoms with Crippen LogP contribution < -0.4 is 15.4 Å². The highest BCUT2D eigenvalue weighted by Gasteiger charge is 2.28. The monoisotopic (exact) mass is 659 g/mol. The second-order valence-corrected chi connectivity index (χ2v) is 13.6. The summed E-state index contributed by atoms with van der Waals surface area (Å²) in [6.07, 6.45) is 6.49. The van der Waals surface area contributed by atoms with E-state index in [1.165, 1.54) is 12.1 Å². The van der Waals surface area contributed by atoms with E-state index in [-0.39, 0.29) is 16.8 Å². The Bertz CT molecular complexity index is 1530. The van der Waals surface area contributed by atoms with Crippen LogP contribution in [0.2, 0.25) is 5.02 Å². The van der Waals surface area contributed by atoms with Gasteiger partial charge in [0.25, 0.3) is 0 Å². The third-order valence-electron chi connectivity index (χ3n) is 6.40. The van der Waals surface area contributed by atoms with Crippen LogP contribution in [0.1, 0.15) is 35.6 Å². The molecule has 0 fully saturated rings. The van der Waals surface area contributed by atoms with Crippen LogP contribution in [0.4, 0.5) is 5.69 Å². The van der Waals surface area contributed by atoms with Gasteiger partial charge in [-0.3, -0.25) is 4.79 Å². The molecule has 1 unspecified atom stereocenters. The molecular formula is C29H27ClIN3O3S. The molecule has 9 heteroatoms. The van der Waals surface area contributed by atoms with Gasteiger partial charge in [-0.2, -0.15) is 0 Å². The predicted octanol–water partition coefficient (Wildman–Crippen LogP) is 5.98. The highest BCUT2D eigenvalue weighted by Crippen LogP contribution is 2.35. The number of amides is 1. The van der Waals surface area contributed by atoms with Crippen LogP contribution >= 0.6 is 32.3 Å². The fourth-order valence-electron chi connectivity index (χ4n) is 4.47. The minimum atomic E-state index is -3.69. The van der Waals surface area contributed by atoms with Crippen LogP contribution in [0, 0.1) is 0 Å². The van der Waals surface area contributed by atoms with Crippen molar-refractivity contribution in [3.8, 4) is 0 Å². The number of nitrogens with one attached hydrogen (secondary N) is 3. The number of benzene rings is 3. The number of carbonyl (C=O) groups excluding carboxylic acids is 1. The Morgan fingerprint density at radius 1 is 1.03 bits per heavy atom. The zero-order valence-electron chi connectivity index (χ0n) is 20.5. The maximum Gasteiger partial charge on any atom is 0.241 e. The lowest BCUT2D eigenvalue weighted by Crippen LogP contribution is -2.30. The van der Waals surface area contributed by atoms with Crippen molar-refractivity contribution in [1.29, 1.82) is 0 Å². The largest absolute Gasteiger partial charge is 0.349 e. The van der Waals surface area contributed by atoms with Crippen molar-refractivity contribution >= 4 is 57.6 Å².